The summed E-state index contributed by atoms with van der Waals surface area (Å²) in [6, 6.07) is 1.78. The molecule has 4 aromatic heterocycles. The highest BCUT2D eigenvalue weighted by molar-refractivity contribution is 6.07. The van der Waals surface area contributed by atoms with E-state index in [1.165, 1.54) is 10.7 Å². The number of H-pyrrole nitrogens is 1. The summed E-state index contributed by atoms with van der Waals surface area (Å²) in [7, 11) is 1.80. The lowest BCUT2D eigenvalue weighted by Gasteiger charge is -2.03. The fraction of sp³-hybridized carbons (Fsp3) is 0.200. The predicted octanol–water partition coefficient (Wildman–Crippen LogP) is 0.568. The molecule has 10 nitrogen and oxygen atoms in total. The molecule has 2 N–H and O–H groups in total. The van der Waals surface area contributed by atoms with Crippen molar-refractivity contribution >= 4 is 28.1 Å². The second-order valence-corrected chi connectivity index (χ2v) is 5.76. The minimum atomic E-state index is -0.535. The summed E-state index contributed by atoms with van der Waals surface area (Å²) in [6.07, 6.45) is 3.12. The third-order valence-corrected chi connectivity index (χ3v) is 3.87. The van der Waals surface area contributed by atoms with Gasteiger partial charge in [0.2, 0.25) is 0 Å². The molecule has 0 bridgehead atoms. The van der Waals surface area contributed by atoms with Gasteiger partial charge >= 0.3 is 0 Å². The monoisotopic (exact) mass is 338 g/mol. The third-order valence-electron chi connectivity index (χ3n) is 3.87. The lowest BCUT2D eigenvalue weighted by Crippen LogP contribution is -2.18. The van der Waals surface area contributed by atoms with E-state index >= 15 is 0 Å². The Kier molecular flexibility index (Phi) is 3.14. The first-order valence-corrected chi connectivity index (χ1v) is 7.49. The maximum absolute atomic E-state index is 12.5. The zero-order valence-electron chi connectivity index (χ0n) is 13.7. The van der Waals surface area contributed by atoms with Crippen LogP contribution in [0.25, 0.3) is 16.6 Å². The van der Waals surface area contributed by atoms with Gasteiger partial charge in [0.1, 0.15) is 0 Å². The molecule has 0 fully saturated rings. The van der Waals surface area contributed by atoms with Crippen LogP contribution >= 0.6 is 0 Å². The van der Waals surface area contributed by atoms with E-state index in [9.17, 15) is 9.59 Å². The number of nitrogens with one attached hydrogen (secondary N) is 2. The van der Waals surface area contributed by atoms with E-state index in [0.717, 1.165) is 16.7 Å². The van der Waals surface area contributed by atoms with Crippen molar-refractivity contribution in [3.05, 3.63) is 45.9 Å². The molecule has 0 saturated carbocycles. The molecular weight excluding hydrogens is 324 g/mol. The van der Waals surface area contributed by atoms with Crippen LogP contribution in [0.3, 0.4) is 0 Å². The Hall–Kier alpha value is -3.56. The summed E-state index contributed by atoms with van der Waals surface area (Å²) in [6.45, 7) is 3.59. The maximum Gasteiger partial charge on any atom is 0.278 e. The summed E-state index contributed by atoms with van der Waals surface area (Å²) < 4.78 is 2.96. The molecule has 126 valence electrons. The topological polar surface area (TPSA) is 123 Å². The fourth-order valence-electron chi connectivity index (χ4n) is 2.77. The highest BCUT2D eigenvalue weighted by Gasteiger charge is 2.19. The first kappa shape index (κ1) is 15.0. The lowest BCUT2D eigenvalue weighted by atomic mass is 10.2. The van der Waals surface area contributed by atoms with E-state index in [-0.39, 0.29) is 11.2 Å². The van der Waals surface area contributed by atoms with Crippen molar-refractivity contribution in [3.63, 3.8) is 0 Å². The van der Waals surface area contributed by atoms with E-state index in [1.54, 1.807) is 30.9 Å². The Morgan fingerprint density at radius 3 is 2.92 bits per heavy atom. The van der Waals surface area contributed by atoms with Crippen molar-refractivity contribution in [1.29, 1.82) is 0 Å². The SMILES string of the molecule is Cc1cn2nnc(C(=O)Nc3cnc4c(c3)c(C)nn4C)c2c(=O)[nH]1. The number of amides is 1. The van der Waals surface area contributed by atoms with Gasteiger partial charge in [-0.3, -0.25) is 14.3 Å². The predicted molar refractivity (Wildman–Crippen MR) is 89.5 cm³/mol. The largest absolute Gasteiger partial charge is 0.323 e. The number of aromatic amines is 1. The molecule has 0 radical (unpaired) electrons. The number of aromatic nitrogens is 7. The van der Waals surface area contributed by atoms with Gasteiger partial charge in [-0.25, -0.2) is 9.50 Å². The second kappa shape index (κ2) is 5.23. The van der Waals surface area contributed by atoms with Gasteiger partial charge in [-0.15, -0.1) is 5.10 Å². The molecule has 10 heteroatoms. The van der Waals surface area contributed by atoms with Crippen molar-refractivity contribution in [2.45, 2.75) is 13.8 Å². The van der Waals surface area contributed by atoms with Gasteiger partial charge in [0.25, 0.3) is 11.5 Å². The fourth-order valence-corrected chi connectivity index (χ4v) is 2.77. The summed E-state index contributed by atoms with van der Waals surface area (Å²) in [5.41, 5.74) is 2.25. The molecule has 4 heterocycles. The Morgan fingerprint density at radius 2 is 2.12 bits per heavy atom. The molecule has 0 aliphatic rings. The van der Waals surface area contributed by atoms with E-state index in [1.807, 2.05) is 6.92 Å². The number of anilines is 1. The summed E-state index contributed by atoms with van der Waals surface area (Å²) in [5, 5.41) is 15.5. The van der Waals surface area contributed by atoms with Gasteiger partial charge in [-0.1, -0.05) is 5.21 Å². The zero-order chi connectivity index (χ0) is 17.7. The van der Waals surface area contributed by atoms with Gasteiger partial charge < -0.3 is 10.3 Å². The van der Waals surface area contributed by atoms with Crippen LogP contribution < -0.4 is 10.9 Å². The van der Waals surface area contributed by atoms with Gasteiger partial charge in [0.15, 0.2) is 16.9 Å². The molecule has 1 amide bonds. The van der Waals surface area contributed by atoms with Crippen molar-refractivity contribution in [1.82, 2.24) is 34.6 Å². The van der Waals surface area contributed by atoms with Crippen molar-refractivity contribution in [2.24, 2.45) is 7.05 Å². The summed E-state index contributed by atoms with van der Waals surface area (Å²) in [4.78, 5) is 31.6. The molecule has 4 aromatic rings. The Morgan fingerprint density at radius 1 is 1.32 bits per heavy atom. The van der Waals surface area contributed by atoms with Crippen LogP contribution in [0.5, 0.6) is 0 Å². The normalized spacial score (nSPS) is 11.3. The molecule has 25 heavy (non-hydrogen) atoms. The van der Waals surface area contributed by atoms with Gasteiger partial charge in [0.05, 0.1) is 23.8 Å². The molecule has 0 spiro atoms. The molecule has 0 aliphatic carbocycles. The van der Waals surface area contributed by atoms with Crippen molar-refractivity contribution in [3.8, 4) is 0 Å². The van der Waals surface area contributed by atoms with E-state index in [0.29, 0.717) is 11.4 Å². The smallest absolute Gasteiger partial charge is 0.278 e. The van der Waals surface area contributed by atoms with Gasteiger partial charge in [-0.05, 0) is 19.9 Å². The number of rotatable bonds is 2. The third kappa shape index (κ3) is 2.35. The molecule has 0 aromatic carbocycles. The van der Waals surface area contributed by atoms with Crippen molar-refractivity contribution < 1.29 is 4.79 Å². The first-order chi connectivity index (χ1) is 11.9. The maximum atomic E-state index is 12.5. The zero-order valence-corrected chi connectivity index (χ0v) is 13.7. The minimum absolute atomic E-state index is 0.0516. The lowest BCUT2D eigenvalue weighted by molar-refractivity contribution is 0.102. The number of carbonyl (C=O) groups is 1. The van der Waals surface area contributed by atoms with Crippen LogP contribution in [0, 0.1) is 13.8 Å². The molecular formula is C15H14N8O2. The first-order valence-electron chi connectivity index (χ1n) is 7.49. The number of aryl methyl sites for hydroxylation is 3. The number of fused-ring (bicyclic) bond motifs is 2. The van der Waals surface area contributed by atoms with Crippen LogP contribution in [0.15, 0.2) is 23.3 Å². The highest BCUT2D eigenvalue weighted by atomic mass is 16.2. The molecule has 0 aliphatic heterocycles. The number of hydrogen-bond donors (Lipinski definition) is 2. The number of carbonyl (C=O) groups excluding carboxylic acids is 1. The highest BCUT2D eigenvalue weighted by Crippen LogP contribution is 2.19. The second-order valence-electron chi connectivity index (χ2n) is 5.76. The standard InChI is InChI=1S/C15H14N8O2/c1-7-6-23-12(15(25)17-7)11(19-21-23)14(24)18-9-4-10-8(2)20-22(3)13(10)16-5-9/h4-6H,1-3H3,(H,17,25)(H,18,24). The van der Waals surface area contributed by atoms with Crippen LogP contribution in [-0.4, -0.2) is 40.5 Å². The van der Waals surface area contributed by atoms with E-state index in [2.05, 4.69) is 30.7 Å². The minimum Gasteiger partial charge on any atom is -0.323 e. The molecule has 0 saturated heterocycles. The van der Waals surface area contributed by atoms with Crippen LogP contribution in [-0.2, 0) is 7.05 Å². The summed E-state index contributed by atoms with van der Waals surface area (Å²) >= 11 is 0. The number of pyridine rings is 1. The Bertz CT molecular complexity index is 1200. The summed E-state index contributed by atoms with van der Waals surface area (Å²) in [5.74, 6) is -0.535. The van der Waals surface area contributed by atoms with Crippen LogP contribution in [0.1, 0.15) is 21.9 Å². The van der Waals surface area contributed by atoms with Gasteiger partial charge in [-0.2, -0.15) is 5.10 Å². The quantitative estimate of drug-likeness (QED) is 0.551. The van der Waals surface area contributed by atoms with Crippen molar-refractivity contribution in [2.75, 3.05) is 5.32 Å². The van der Waals surface area contributed by atoms with E-state index in [4.69, 9.17) is 0 Å². The van der Waals surface area contributed by atoms with Crippen LogP contribution in [0.4, 0.5) is 5.69 Å². The Labute approximate surface area is 140 Å². The Balaban J connectivity index is 1.73. The molecule has 0 atom stereocenters. The van der Waals surface area contributed by atoms with E-state index < -0.39 is 11.5 Å². The molecule has 0 unspecified atom stereocenters. The molecule has 4 rings (SSSR count). The number of hydrogen-bond acceptors (Lipinski definition) is 6. The average molecular weight is 338 g/mol. The van der Waals surface area contributed by atoms with Crippen LogP contribution in [0.2, 0.25) is 0 Å². The number of nitrogens with zero attached hydrogens (tertiary/aromatic N) is 6. The average Bonchev–Trinajstić information content (AvgIpc) is 3.09. The van der Waals surface area contributed by atoms with Gasteiger partial charge in [0, 0.05) is 18.1 Å².